The van der Waals surface area contributed by atoms with Crippen molar-refractivity contribution >= 4 is 0 Å². The molecule has 4 aliphatic rings. The summed E-state index contributed by atoms with van der Waals surface area (Å²) < 4.78 is 0. The van der Waals surface area contributed by atoms with Crippen molar-refractivity contribution in [1.29, 1.82) is 0 Å². The van der Waals surface area contributed by atoms with Crippen LogP contribution in [0.5, 0.6) is 0 Å². The lowest BCUT2D eigenvalue weighted by molar-refractivity contribution is -0.0388. The lowest BCUT2D eigenvalue weighted by atomic mass is 9.60. The van der Waals surface area contributed by atoms with Crippen LogP contribution in [0.2, 0.25) is 0 Å². The van der Waals surface area contributed by atoms with Crippen molar-refractivity contribution in [3.63, 3.8) is 0 Å². The van der Waals surface area contributed by atoms with E-state index in [2.05, 4.69) is 6.92 Å². The van der Waals surface area contributed by atoms with Crippen LogP contribution in [-0.2, 0) is 0 Å². The van der Waals surface area contributed by atoms with Crippen molar-refractivity contribution in [2.24, 2.45) is 41.4 Å². The number of aliphatic hydroxyl groups excluding tert-OH is 2. The van der Waals surface area contributed by atoms with Crippen LogP contribution in [-0.4, -0.2) is 22.4 Å². The van der Waals surface area contributed by atoms with E-state index < -0.39 is 0 Å². The van der Waals surface area contributed by atoms with E-state index in [4.69, 9.17) is 0 Å². The molecular weight excluding hydrogens is 368 g/mol. The van der Waals surface area contributed by atoms with E-state index in [-0.39, 0.29) is 12.2 Å². The van der Waals surface area contributed by atoms with Gasteiger partial charge < -0.3 is 10.2 Å². The molecule has 0 heterocycles. The predicted octanol–water partition coefficient (Wildman–Crippen LogP) is 7.12. The third-order valence-corrected chi connectivity index (χ3v) is 10.1. The van der Waals surface area contributed by atoms with E-state index in [0.717, 1.165) is 42.4 Å². The van der Waals surface area contributed by atoms with Gasteiger partial charge in [-0.05, 0) is 80.0 Å². The smallest absolute Gasteiger partial charge is 0.0571 e. The molecule has 0 bridgehead atoms. The predicted molar refractivity (Wildman–Crippen MR) is 125 cm³/mol. The molecule has 0 amide bonds. The fourth-order valence-electron chi connectivity index (χ4n) is 8.55. The van der Waals surface area contributed by atoms with Crippen LogP contribution < -0.4 is 0 Å². The zero-order valence-corrected chi connectivity index (χ0v) is 19.8. The maximum absolute atomic E-state index is 10.9. The number of hydrogen-bond donors (Lipinski definition) is 2. The summed E-state index contributed by atoms with van der Waals surface area (Å²) in [5, 5.41) is 21.7. The zero-order valence-electron chi connectivity index (χ0n) is 19.8. The Hall–Kier alpha value is -0.0800. The average Bonchev–Trinajstić information content (AvgIpc) is 2.80. The first-order valence-electron chi connectivity index (χ1n) is 14.0. The van der Waals surface area contributed by atoms with Gasteiger partial charge in [0.05, 0.1) is 12.2 Å². The Kier molecular flexibility index (Phi) is 8.60. The van der Waals surface area contributed by atoms with Crippen molar-refractivity contribution in [2.45, 2.75) is 135 Å². The van der Waals surface area contributed by atoms with E-state index in [9.17, 15) is 10.2 Å². The first kappa shape index (κ1) is 23.1. The fourth-order valence-corrected chi connectivity index (χ4v) is 8.55. The van der Waals surface area contributed by atoms with Gasteiger partial charge in [-0.1, -0.05) is 84.0 Å². The summed E-state index contributed by atoms with van der Waals surface area (Å²) in [5.74, 6) is 5.23. The molecule has 0 aromatic rings. The molecule has 4 fully saturated rings. The summed E-state index contributed by atoms with van der Waals surface area (Å²) in [6.45, 7) is 2.37. The Morgan fingerprint density at radius 2 is 1.03 bits per heavy atom. The second-order valence-corrected chi connectivity index (χ2v) is 11.9. The normalized spacial score (nSPS) is 40.9. The summed E-state index contributed by atoms with van der Waals surface area (Å²) in [6, 6.07) is 0. The highest BCUT2D eigenvalue weighted by Gasteiger charge is 2.43. The maximum Gasteiger partial charge on any atom is 0.0571 e. The van der Waals surface area contributed by atoms with E-state index >= 15 is 0 Å². The summed E-state index contributed by atoms with van der Waals surface area (Å²) in [6.07, 6.45) is 23.6. The molecule has 0 aromatic carbocycles. The summed E-state index contributed by atoms with van der Waals surface area (Å²) >= 11 is 0. The molecule has 0 spiro atoms. The van der Waals surface area contributed by atoms with Crippen LogP contribution in [0, 0.1) is 41.4 Å². The monoisotopic (exact) mass is 418 g/mol. The molecule has 6 unspecified atom stereocenters. The van der Waals surface area contributed by atoms with Crippen molar-refractivity contribution in [2.75, 3.05) is 0 Å². The van der Waals surface area contributed by atoms with Crippen LogP contribution in [0.25, 0.3) is 0 Å². The van der Waals surface area contributed by atoms with E-state index in [1.807, 2.05) is 0 Å². The summed E-state index contributed by atoms with van der Waals surface area (Å²) in [4.78, 5) is 0. The number of aliphatic hydroxyl groups is 2. The first-order chi connectivity index (χ1) is 14.7. The molecule has 2 N–H and O–H groups in total. The highest BCUT2D eigenvalue weighted by Crippen LogP contribution is 2.49. The quantitative estimate of drug-likeness (QED) is 0.482. The third-order valence-electron chi connectivity index (χ3n) is 10.1. The second kappa shape index (κ2) is 11.2. The van der Waals surface area contributed by atoms with Crippen LogP contribution in [0.3, 0.4) is 0 Å². The van der Waals surface area contributed by atoms with Gasteiger partial charge in [0.15, 0.2) is 0 Å². The Morgan fingerprint density at radius 3 is 1.43 bits per heavy atom. The minimum Gasteiger partial charge on any atom is -0.393 e. The number of rotatable bonds is 6. The Balaban J connectivity index is 1.42. The topological polar surface area (TPSA) is 40.5 Å². The molecule has 0 aliphatic heterocycles. The number of hydrogen-bond acceptors (Lipinski definition) is 2. The molecule has 0 aromatic heterocycles. The van der Waals surface area contributed by atoms with Gasteiger partial charge in [-0.25, -0.2) is 0 Å². The maximum atomic E-state index is 10.9. The van der Waals surface area contributed by atoms with Gasteiger partial charge in [0.2, 0.25) is 0 Å². The lowest BCUT2D eigenvalue weighted by Crippen LogP contribution is -2.42. The van der Waals surface area contributed by atoms with Gasteiger partial charge in [-0.2, -0.15) is 0 Å². The van der Waals surface area contributed by atoms with E-state index in [1.165, 1.54) is 103 Å². The van der Waals surface area contributed by atoms with Gasteiger partial charge >= 0.3 is 0 Å². The minimum atomic E-state index is -0.0326. The van der Waals surface area contributed by atoms with E-state index in [1.54, 1.807) is 0 Å². The molecule has 6 atom stereocenters. The van der Waals surface area contributed by atoms with E-state index in [0.29, 0.717) is 11.8 Å². The van der Waals surface area contributed by atoms with Crippen LogP contribution in [0.4, 0.5) is 0 Å². The van der Waals surface area contributed by atoms with Gasteiger partial charge in [-0.3, -0.25) is 0 Å². The zero-order chi connectivity index (χ0) is 20.9. The molecule has 4 saturated carbocycles. The molecular formula is C28H50O2. The first-order valence-corrected chi connectivity index (χ1v) is 14.0. The fraction of sp³-hybridized carbons (Fsp3) is 1.00. The van der Waals surface area contributed by atoms with Gasteiger partial charge in [0.25, 0.3) is 0 Å². The molecule has 30 heavy (non-hydrogen) atoms. The molecule has 4 aliphatic carbocycles. The molecule has 0 radical (unpaired) electrons. The van der Waals surface area contributed by atoms with Gasteiger partial charge in [0.1, 0.15) is 0 Å². The largest absolute Gasteiger partial charge is 0.393 e. The highest BCUT2D eigenvalue weighted by molar-refractivity contribution is 4.93. The van der Waals surface area contributed by atoms with Crippen LogP contribution >= 0.6 is 0 Å². The van der Waals surface area contributed by atoms with Crippen molar-refractivity contribution in [1.82, 2.24) is 0 Å². The molecule has 2 heteroatoms. The Morgan fingerprint density at radius 1 is 0.600 bits per heavy atom. The average molecular weight is 419 g/mol. The van der Waals surface area contributed by atoms with Crippen molar-refractivity contribution in [3.8, 4) is 0 Å². The van der Waals surface area contributed by atoms with Crippen molar-refractivity contribution in [3.05, 3.63) is 0 Å². The SMILES string of the molecule is CCCC(C1CCC(O)C(C2CCCCC2)C1)C1CCC(O)C(C2CCCCC2)C1. The summed E-state index contributed by atoms with van der Waals surface area (Å²) in [5.41, 5.74) is 0. The highest BCUT2D eigenvalue weighted by atomic mass is 16.3. The Labute approximate surface area is 186 Å². The second-order valence-electron chi connectivity index (χ2n) is 11.9. The summed E-state index contributed by atoms with van der Waals surface area (Å²) in [7, 11) is 0. The standard InChI is InChI=1S/C28H50O2/c1-2-9-24(22-14-16-27(29)25(18-22)20-10-5-3-6-11-20)23-15-17-28(30)26(19-23)21-12-7-4-8-13-21/h20-30H,2-19H2,1H3. The molecule has 174 valence electrons. The Bertz CT molecular complexity index is 451. The molecule has 0 saturated heterocycles. The van der Waals surface area contributed by atoms with Gasteiger partial charge in [-0.15, -0.1) is 0 Å². The van der Waals surface area contributed by atoms with Crippen LogP contribution in [0.15, 0.2) is 0 Å². The van der Waals surface area contributed by atoms with Crippen LogP contribution in [0.1, 0.15) is 122 Å². The lowest BCUT2D eigenvalue weighted by Gasteiger charge is -2.47. The molecule has 4 rings (SSSR count). The van der Waals surface area contributed by atoms with Crippen molar-refractivity contribution < 1.29 is 10.2 Å². The minimum absolute atomic E-state index is 0.0326. The van der Waals surface area contributed by atoms with Gasteiger partial charge in [0, 0.05) is 0 Å². The third kappa shape index (κ3) is 5.45. The molecule has 2 nitrogen and oxygen atoms in total.